The second-order valence-electron chi connectivity index (χ2n) is 12.4. The van der Waals surface area contributed by atoms with Crippen LogP contribution in [-0.2, 0) is 0 Å². The molecule has 0 fully saturated rings. The number of rotatable bonds is 4. The molecule has 10 aromatic rings. The fourth-order valence-corrected chi connectivity index (χ4v) is 8.36. The molecule has 0 atom stereocenters. The van der Waals surface area contributed by atoms with E-state index >= 15 is 0 Å². The van der Waals surface area contributed by atoms with Gasteiger partial charge in [-0.15, -0.1) is 11.3 Å². The lowest BCUT2D eigenvalue weighted by Crippen LogP contribution is -2.00. The maximum absolute atomic E-state index is 5.06. The molecule has 8 aromatic carbocycles. The van der Waals surface area contributed by atoms with Gasteiger partial charge in [0.1, 0.15) is 0 Å². The fraction of sp³-hybridized carbons (Fsp3) is 0.0816. The van der Waals surface area contributed by atoms with Crippen LogP contribution in [0.5, 0.6) is 0 Å². The highest BCUT2D eigenvalue weighted by Gasteiger charge is 2.17. The summed E-state index contributed by atoms with van der Waals surface area (Å²) in [4.78, 5) is 15.1. The first kappa shape index (κ1) is 33.9. The summed E-state index contributed by atoms with van der Waals surface area (Å²) >= 11 is 1.86. The minimum atomic E-state index is 0.653. The Bertz CT molecular complexity index is 2820. The number of nitrogens with zero attached hydrogens (tertiary/aromatic N) is 3. The van der Waals surface area contributed by atoms with Crippen LogP contribution < -0.4 is 0 Å². The van der Waals surface area contributed by atoms with Crippen molar-refractivity contribution in [3.8, 4) is 45.3 Å². The van der Waals surface area contributed by atoms with Gasteiger partial charge < -0.3 is 0 Å². The number of thiophene rings is 1. The molecular weight excluding hydrogens is 663 g/mol. The Morgan fingerprint density at radius 2 is 0.792 bits per heavy atom. The van der Waals surface area contributed by atoms with Gasteiger partial charge in [0, 0.05) is 36.9 Å². The number of aromatic nitrogens is 3. The lowest BCUT2D eigenvalue weighted by molar-refractivity contribution is 1.07. The predicted molar refractivity (Wildman–Crippen MR) is 230 cm³/mol. The van der Waals surface area contributed by atoms with E-state index in [-0.39, 0.29) is 0 Å². The molecule has 4 heteroatoms. The highest BCUT2D eigenvalue weighted by Crippen LogP contribution is 2.43. The lowest BCUT2D eigenvalue weighted by atomic mass is 9.88. The molecule has 256 valence electrons. The molecule has 0 bridgehead atoms. The molecule has 2 aromatic heterocycles. The van der Waals surface area contributed by atoms with Crippen molar-refractivity contribution in [2.24, 2.45) is 0 Å². The SMILES string of the molecule is CC.CC.c1ccc(-c2nc(-c3ccccc3)nc(-c3ccc4c5ccccc5c5cccc(-c6ccc7c(c6)sc6ccccc67)c5c4c3)n2)cc1. The maximum atomic E-state index is 5.06. The van der Waals surface area contributed by atoms with Crippen molar-refractivity contribution in [3.05, 3.63) is 164 Å². The van der Waals surface area contributed by atoms with Gasteiger partial charge in [-0.3, -0.25) is 0 Å². The van der Waals surface area contributed by atoms with E-state index in [4.69, 9.17) is 15.0 Å². The summed E-state index contributed by atoms with van der Waals surface area (Å²) in [5, 5.41) is 9.97. The van der Waals surface area contributed by atoms with Crippen molar-refractivity contribution in [2.75, 3.05) is 0 Å². The van der Waals surface area contributed by atoms with Crippen molar-refractivity contribution in [1.82, 2.24) is 15.0 Å². The van der Waals surface area contributed by atoms with Crippen molar-refractivity contribution in [3.63, 3.8) is 0 Å². The Morgan fingerprint density at radius 3 is 1.45 bits per heavy atom. The van der Waals surface area contributed by atoms with Gasteiger partial charge in [0.2, 0.25) is 0 Å². The summed E-state index contributed by atoms with van der Waals surface area (Å²) in [6.45, 7) is 8.00. The second-order valence-corrected chi connectivity index (χ2v) is 13.5. The van der Waals surface area contributed by atoms with Gasteiger partial charge in [-0.1, -0.05) is 173 Å². The monoisotopic (exact) mass is 701 g/mol. The van der Waals surface area contributed by atoms with Crippen molar-refractivity contribution < 1.29 is 0 Å². The third-order valence-corrected chi connectivity index (χ3v) is 10.6. The van der Waals surface area contributed by atoms with Crippen LogP contribution in [0.4, 0.5) is 0 Å². The first-order chi connectivity index (χ1) is 26.3. The molecule has 53 heavy (non-hydrogen) atoms. The Labute approximate surface area is 314 Å². The normalized spacial score (nSPS) is 11.0. The van der Waals surface area contributed by atoms with E-state index in [1.54, 1.807) is 0 Å². The van der Waals surface area contributed by atoms with E-state index < -0.39 is 0 Å². The second kappa shape index (κ2) is 14.8. The molecule has 0 radical (unpaired) electrons. The van der Waals surface area contributed by atoms with Gasteiger partial charge in [-0.05, 0) is 61.6 Å². The molecule has 0 aliphatic carbocycles. The summed E-state index contributed by atoms with van der Waals surface area (Å²) in [6.07, 6.45) is 0. The maximum Gasteiger partial charge on any atom is 0.164 e. The molecular formula is C49H39N3S. The molecule has 10 rings (SSSR count). The van der Waals surface area contributed by atoms with E-state index in [1.807, 2.05) is 99.7 Å². The average molecular weight is 702 g/mol. The Kier molecular flexibility index (Phi) is 9.45. The third-order valence-electron chi connectivity index (χ3n) is 9.51. The van der Waals surface area contributed by atoms with Crippen LogP contribution >= 0.6 is 11.3 Å². The van der Waals surface area contributed by atoms with Crippen LogP contribution in [0.25, 0.3) is 97.8 Å². The average Bonchev–Trinajstić information content (AvgIpc) is 3.63. The lowest BCUT2D eigenvalue weighted by Gasteiger charge is -2.16. The molecule has 0 aliphatic heterocycles. The van der Waals surface area contributed by atoms with Gasteiger partial charge in [-0.25, -0.2) is 15.0 Å². The summed E-state index contributed by atoms with van der Waals surface area (Å²) in [5.41, 5.74) is 5.30. The van der Waals surface area contributed by atoms with E-state index in [0.717, 1.165) is 16.7 Å². The number of benzene rings is 8. The predicted octanol–water partition coefficient (Wildman–Crippen LogP) is 14.4. The Balaban J connectivity index is 0.000000969. The topological polar surface area (TPSA) is 38.7 Å². The zero-order valence-corrected chi connectivity index (χ0v) is 31.2. The molecule has 0 saturated carbocycles. The van der Waals surface area contributed by atoms with Crippen molar-refractivity contribution >= 4 is 63.8 Å². The highest BCUT2D eigenvalue weighted by molar-refractivity contribution is 7.25. The minimum absolute atomic E-state index is 0.653. The number of fused-ring (bicyclic) bond motifs is 9. The van der Waals surface area contributed by atoms with Gasteiger partial charge in [0.15, 0.2) is 17.5 Å². The fourth-order valence-electron chi connectivity index (χ4n) is 7.22. The minimum Gasteiger partial charge on any atom is -0.208 e. The molecule has 3 nitrogen and oxygen atoms in total. The standard InChI is InChI=1S/C45H27N3S.2C2H6/c1-3-12-28(13-4-1)43-46-44(29-14-5-2-6-15-29)48-45(47-43)31-23-24-35-33-16-7-8-17-34(33)38-20-11-19-32(42(38)39(35)26-31)30-22-25-37-36-18-9-10-21-40(36)49-41(37)27-30;2*1-2/h1-27H;2*1-2H3. The van der Waals surface area contributed by atoms with E-state index in [1.165, 1.54) is 63.6 Å². The molecule has 0 aliphatic rings. The molecule has 0 amide bonds. The van der Waals surface area contributed by atoms with E-state index in [0.29, 0.717) is 17.5 Å². The van der Waals surface area contributed by atoms with Crippen molar-refractivity contribution in [2.45, 2.75) is 27.7 Å². The summed E-state index contributed by atoms with van der Waals surface area (Å²) < 4.78 is 2.62. The van der Waals surface area contributed by atoms with Gasteiger partial charge in [-0.2, -0.15) is 0 Å². The molecule has 0 saturated heterocycles. The third kappa shape index (κ3) is 6.11. The van der Waals surface area contributed by atoms with Crippen LogP contribution in [0.2, 0.25) is 0 Å². The summed E-state index contributed by atoms with van der Waals surface area (Å²) in [7, 11) is 0. The van der Waals surface area contributed by atoms with Crippen molar-refractivity contribution in [1.29, 1.82) is 0 Å². The quantitative estimate of drug-likeness (QED) is 0.171. The van der Waals surface area contributed by atoms with Crippen LogP contribution in [0.1, 0.15) is 27.7 Å². The Morgan fingerprint density at radius 1 is 0.321 bits per heavy atom. The zero-order chi connectivity index (χ0) is 36.3. The first-order valence-corrected chi connectivity index (χ1v) is 19.3. The van der Waals surface area contributed by atoms with E-state index in [9.17, 15) is 0 Å². The van der Waals surface area contributed by atoms with Crippen LogP contribution in [0, 0.1) is 0 Å². The molecule has 0 spiro atoms. The van der Waals surface area contributed by atoms with Crippen LogP contribution in [-0.4, -0.2) is 15.0 Å². The zero-order valence-electron chi connectivity index (χ0n) is 30.3. The Hall–Kier alpha value is -6.23. The summed E-state index contributed by atoms with van der Waals surface area (Å²) in [5.74, 6) is 1.97. The molecule has 0 N–H and O–H groups in total. The van der Waals surface area contributed by atoms with Crippen LogP contribution in [0.15, 0.2) is 164 Å². The first-order valence-electron chi connectivity index (χ1n) is 18.4. The number of hydrogen-bond acceptors (Lipinski definition) is 4. The summed E-state index contributed by atoms with van der Waals surface area (Å²) in [6, 6.07) is 58.1. The van der Waals surface area contributed by atoms with Gasteiger partial charge in [0.05, 0.1) is 0 Å². The number of hydrogen-bond donors (Lipinski definition) is 0. The molecule has 2 heterocycles. The molecule has 0 unspecified atom stereocenters. The van der Waals surface area contributed by atoms with Crippen LogP contribution in [0.3, 0.4) is 0 Å². The smallest absolute Gasteiger partial charge is 0.164 e. The largest absolute Gasteiger partial charge is 0.208 e. The van der Waals surface area contributed by atoms with Gasteiger partial charge in [0.25, 0.3) is 0 Å². The highest BCUT2D eigenvalue weighted by atomic mass is 32.1. The van der Waals surface area contributed by atoms with E-state index in [2.05, 4.69) is 103 Å². The van der Waals surface area contributed by atoms with Gasteiger partial charge >= 0.3 is 0 Å².